The van der Waals surface area contributed by atoms with Crippen LogP contribution in [-0.4, -0.2) is 69.6 Å². The maximum Gasteiger partial charge on any atom is 0.247 e. The number of nitrogens with one attached hydrogen (secondary N) is 2. The topological polar surface area (TPSA) is 98.0 Å². The van der Waals surface area contributed by atoms with Crippen LogP contribution in [-0.2, 0) is 4.79 Å². The molecule has 0 bridgehead atoms. The lowest BCUT2D eigenvalue weighted by atomic mass is 10.1. The molecule has 184 valence electrons. The van der Waals surface area contributed by atoms with Crippen molar-refractivity contribution in [3.8, 4) is 11.3 Å². The Bertz CT molecular complexity index is 1360. The van der Waals surface area contributed by atoms with Crippen LogP contribution < -0.4 is 15.5 Å². The van der Waals surface area contributed by atoms with E-state index in [-0.39, 0.29) is 12.5 Å². The highest BCUT2D eigenvalue weighted by Gasteiger charge is 2.17. The van der Waals surface area contributed by atoms with Gasteiger partial charge in [0.1, 0.15) is 11.5 Å². The van der Waals surface area contributed by atoms with Gasteiger partial charge in [0.25, 0.3) is 0 Å². The molecule has 36 heavy (non-hydrogen) atoms. The lowest BCUT2D eigenvalue weighted by Crippen LogP contribution is -2.47. The third-order valence-corrected chi connectivity index (χ3v) is 6.26. The van der Waals surface area contributed by atoms with E-state index in [9.17, 15) is 4.79 Å². The zero-order chi connectivity index (χ0) is 24.9. The van der Waals surface area contributed by atoms with Crippen molar-refractivity contribution in [2.75, 3.05) is 54.9 Å². The first-order valence-electron chi connectivity index (χ1n) is 12.0. The van der Waals surface area contributed by atoms with Crippen LogP contribution >= 0.6 is 0 Å². The van der Waals surface area contributed by atoms with Gasteiger partial charge in [-0.1, -0.05) is 18.7 Å². The molecule has 5 rings (SSSR count). The second-order valence-electron chi connectivity index (χ2n) is 8.63. The number of aromatic nitrogens is 3. The van der Waals surface area contributed by atoms with E-state index >= 15 is 0 Å². The number of hydrogen-bond acceptors (Lipinski definition) is 7. The van der Waals surface area contributed by atoms with Crippen molar-refractivity contribution in [3.05, 3.63) is 79.8 Å². The second-order valence-corrected chi connectivity index (χ2v) is 8.63. The smallest absolute Gasteiger partial charge is 0.247 e. The molecule has 4 aromatic rings. The summed E-state index contributed by atoms with van der Waals surface area (Å²) in [6.45, 7) is 8.25. The summed E-state index contributed by atoms with van der Waals surface area (Å²) in [6.07, 6.45) is 6.77. The summed E-state index contributed by atoms with van der Waals surface area (Å²) in [4.78, 5) is 25.7. The number of benzene rings is 2. The molecule has 2 aromatic heterocycles. The minimum absolute atomic E-state index is 0.207. The molecule has 3 N–H and O–H groups in total. The average Bonchev–Trinajstić information content (AvgIpc) is 3.38. The number of piperazine rings is 1. The van der Waals surface area contributed by atoms with Crippen molar-refractivity contribution in [1.82, 2.24) is 19.3 Å². The molecule has 3 heterocycles. The molecule has 0 unspecified atom stereocenters. The van der Waals surface area contributed by atoms with E-state index in [1.54, 1.807) is 6.20 Å². The molecule has 1 fully saturated rings. The Hall–Kier alpha value is -4.21. The van der Waals surface area contributed by atoms with E-state index in [1.807, 2.05) is 41.1 Å². The van der Waals surface area contributed by atoms with Crippen molar-refractivity contribution < 1.29 is 9.90 Å². The van der Waals surface area contributed by atoms with Crippen LogP contribution in [0.1, 0.15) is 0 Å². The number of carbonyl (C=O) groups is 1. The molecule has 2 aromatic carbocycles. The van der Waals surface area contributed by atoms with Crippen molar-refractivity contribution >= 4 is 34.4 Å². The predicted molar refractivity (Wildman–Crippen MR) is 143 cm³/mol. The molecule has 0 spiro atoms. The number of anilines is 4. The van der Waals surface area contributed by atoms with Gasteiger partial charge in [0.2, 0.25) is 5.91 Å². The first kappa shape index (κ1) is 23.5. The van der Waals surface area contributed by atoms with Gasteiger partial charge in [0, 0.05) is 67.7 Å². The molecular weight excluding hydrogens is 454 g/mol. The highest BCUT2D eigenvalue weighted by Crippen LogP contribution is 2.28. The standard InChI is InChI=1S/C27H29N7O2/c1-2-25(36)30-22-5-3-4-20(18-22)26-27-28-10-11-34(27)19-24(31-26)29-21-6-8-23(9-7-21)33-14-12-32(13-15-33)16-17-35/h2-11,18-19,29,35H,1,12-17H2,(H,30,36). The van der Waals surface area contributed by atoms with Crippen LogP contribution in [0.25, 0.3) is 16.9 Å². The minimum Gasteiger partial charge on any atom is -0.395 e. The quantitative estimate of drug-likeness (QED) is 0.331. The van der Waals surface area contributed by atoms with Gasteiger partial charge >= 0.3 is 0 Å². The number of imidazole rings is 1. The third-order valence-electron chi connectivity index (χ3n) is 6.26. The Morgan fingerprint density at radius 3 is 2.64 bits per heavy atom. The summed E-state index contributed by atoms with van der Waals surface area (Å²) in [5.74, 6) is 0.415. The number of aliphatic hydroxyl groups is 1. The number of nitrogens with zero attached hydrogens (tertiary/aromatic N) is 5. The predicted octanol–water partition coefficient (Wildman–Crippen LogP) is 3.38. The van der Waals surface area contributed by atoms with Gasteiger partial charge in [-0.25, -0.2) is 9.97 Å². The molecular formula is C27H29N7O2. The van der Waals surface area contributed by atoms with Gasteiger partial charge in [0.15, 0.2) is 5.65 Å². The molecule has 0 atom stereocenters. The summed E-state index contributed by atoms with van der Waals surface area (Å²) in [5.41, 5.74) is 5.05. The Labute approximate surface area is 209 Å². The Morgan fingerprint density at radius 2 is 1.89 bits per heavy atom. The van der Waals surface area contributed by atoms with E-state index in [0.29, 0.717) is 17.2 Å². The van der Waals surface area contributed by atoms with Crippen molar-refractivity contribution in [3.63, 3.8) is 0 Å². The normalized spacial score (nSPS) is 14.1. The van der Waals surface area contributed by atoms with Gasteiger partial charge in [-0.05, 0) is 42.5 Å². The summed E-state index contributed by atoms with van der Waals surface area (Å²) in [6, 6.07) is 15.9. The number of aliphatic hydroxyl groups excluding tert-OH is 1. The number of fused-ring (bicyclic) bond motifs is 1. The number of carbonyl (C=O) groups excluding carboxylic acids is 1. The monoisotopic (exact) mass is 483 g/mol. The highest BCUT2D eigenvalue weighted by molar-refractivity contribution is 5.99. The van der Waals surface area contributed by atoms with Crippen LogP contribution in [0.2, 0.25) is 0 Å². The van der Waals surface area contributed by atoms with Gasteiger partial charge in [-0.3, -0.25) is 9.69 Å². The van der Waals surface area contributed by atoms with E-state index in [2.05, 4.69) is 56.3 Å². The van der Waals surface area contributed by atoms with Crippen LogP contribution in [0.4, 0.5) is 22.9 Å². The second kappa shape index (κ2) is 10.6. The molecule has 1 aliphatic heterocycles. The molecule has 0 radical (unpaired) electrons. The van der Waals surface area contributed by atoms with E-state index in [4.69, 9.17) is 10.1 Å². The first-order chi connectivity index (χ1) is 17.6. The Kier molecular flexibility index (Phi) is 6.92. The van der Waals surface area contributed by atoms with Gasteiger partial charge < -0.3 is 25.0 Å². The summed E-state index contributed by atoms with van der Waals surface area (Å²) < 4.78 is 1.93. The van der Waals surface area contributed by atoms with Gasteiger partial charge in [0.05, 0.1) is 12.8 Å². The fourth-order valence-electron chi connectivity index (χ4n) is 4.40. The summed E-state index contributed by atoms with van der Waals surface area (Å²) in [7, 11) is 0. The fraction of sp³-hybridized carbons (Fsp3) is 0.222. The van der Waals surface area contributed by atoms with Crippen molar-refractivity contribution in [2.24, 2.45) is 0 Å². The van der Waals surface area contributed by atoms with Crippen LogP contribution in [0.5, 0.6) is 0 Å². The van der Waals surface area contributed by atoms with E-state index in [1.165, 1.54) is 11.8 Å². The lowest BCUT2D eigenvalue weighted by Gasteiger charge is -2.35. The number of β-amino-alcohol motifs (C(OH)–C–C–N with tert-alkyl or cyclic N) is 1. The molecule has 1 saturated heterocycles. The van der Waals surface area contributed by atoms with Crippen LogP contribution in [0, 0.1) is 0 Å². The summed E-state index contributed by atoms with van der Waals surface area (Å²) in [5, 5.41) is 15.3. The number of amides is 1. The van der Waals surface area contributed by atoms with E-state index < -0.39 is 0 Å². The largest absolute Gasteiger partial charge is 0.395 e. The third kappa shape index (κ3) is 5.22. The van der Waals surface area contributed by atoms with Crippen LogP contribution in [0.15, 0.2) is 79.8 Å². The molecule has 0 saturated carbocycles. The minimum atomic E-state index is -0.267. The summed E-state index contributed by atoms with van der Waals surface area (Å²) >= 11 is 0. The number of rotatable bonds is 8. The molecule has 0 aliphatic carbocycles. The maximum absolute atomic E-state index is 11.7. The van der Waals surface area contributed by atoms with Gasteiger partial charge in [-0.15, -0.1) is 0 Å². The SMILES string of the molecule is C=CC(=O)Nc1cccc(-c2nc(Nc3ccc(N4CCN(CCO)CC4)cc3)cn3ccnc23)c1. The van der Waals surface area contributed by atoms with Crippen molar-refractivity contribution in [1.29, 1.82) is 0 Å². The highest BCUT2D eigenvalue weighted by atomic mass is 16.3. The zero-order valence-corrected chi connectivity index (χ0v) is 20.0. The fourth-order valence-corrected chi connectivity index (χ4v) is 4.40. The van der Waals surface area contributed by atoms with Crippen LogP contribution in [0.3, 0.4) is 0 Å². The molecule has 1 aliphatic rings. The lowest BCUT2D eigenvalue weighted by molar-refractivity contribution is -0.111. The molecule has 9 heteroatoms. The van der Waals surface area contributed by atoms with E-state index in [0.717, 1.165) is 49.6 Å². The molecule has 9 nitrogen and oxygen atoms in total. The first-order valence-corrected chi connectivity index (χ1v) is 12.0. The van der Waals surface area contributed by atoms with Gasteiger partial charge in [-0.2, -0.15) is 0 Å². The average molecular weight is 484 g/mol. The Morgan fingerprint density at radius 1 is 1.08 bits per heavy atom. The Balaban J connectivity index is 1.35. The molecule has 1 amide bonds. The zero-order valence-electron chi connectivity index (χ0n) is 20.0. The van der Waals surface area contributed by atoms with Crippen molar-refractivity contribution in [2.45, 2.75) is 0 Å². The maximum atomic E-state index is 11.7. The number of hydrogen-bond donors (Lipinski definition) is 3.